The van der Waals surface area contributed by atoms with E-state index in [0.717, 1.165) is 31.1 Å². The van der Waals surface area contributed by atoms with Crippen molar-refractivity contribution in [2.24, 2.45) is 0 Å². The molecule has 4 heteroatoms. The third-order valence-electron chi connectivity index (χ3n) is 3.80. The zero-order chi connectivity index (χ0) is 12.5. The number of hydrogen-bond acceptors (Lipinski definition) is 4. The third-order valence-corrected chi connectivity index (χ3v) is 3.80. The molecule has 0 amide bonds. The van der Waals surface area contributed by atoms with E-state index in [1.165, 1.54) is 5.56 Å². The molecular formula is C14H20N2O2. The summed E-state index contributed by atoms with van der Waals surface area (Å²) in [7, 11) is 4.37. The number of piperazine rings is 1. The molecule has 1 saturated heterocycles. The van der Waals surface area contributed by atoms with Gasteiger partial charge in [0.2, 0.25) is 0 Å². The van der Waals surface area contributed by atoms with E-state index in [0.29, 0.717) is 19.3 Å². The maximum atomic E-state index is 5.66. The average molecular weight is 248 g/mol. The van der Waals surface area contributed by atoms with Crippen molar-refractivity contribution >= 4 is 0 Å². The number of ether oxygens (including phenoxy) is 2. The lowest BCUT2D eigenvalue weighted by atomic mass is 10.0. The van der Waals surface area contributed by atoms with Gasteiger partial charge in [0.15, 0.2) is 11.5 Å². The van der Waals surface area contributed by atoms with Crippen LogP contribution in [-0.4, -0.2) is 56.7 Å². The molecule has 1 fully saturated rings. The molecule has 2 aliphatic rings. The van der Waals surface area contributed by atoms with Crippen molar-refractivity contribution in [3.8, 4) is 11.5 Å². The first-order valence-corrected chi connectivity index (χ1v) is 6.52. The maximum absolute atomic E-state index is 5.66. The Morgan fingerprint density at radius 3 is 2.67 bits per heavy atom. The second kappa shape index (κ2) is 4.78. The Hall–Kier alpha value is -1.26. The van der Waals surface area contributed by atoms with Gasteiger partial charge in [-0.1, -0.05) is 6.07 Å². The first-order chi connectivity index (χ1) is 8.74. The summed E-state index contributed by atoms with van der Waals surface area (Å²) < 4.78 is 11.2. The average Bonchev–Trinajstić information content (AvgIpc) is 2.41. The van der Waals surface area contributed by atoms with E-state index in [1.54, 1.807) is 0 Å². The van der Waals surface area contributed by atoms with E-state index >= 15 is 0 Å². The Labute approximate surface area is 108 Å². The smallest absolute Gasteiger partial charge is 0.161 e. The Kier molecular flexibility index (Phi) is 3.14. The Bertz CT molecular complexity index is 436. The lowest BCUT2D eigenvalue weighted by Crippen LogP contribution is -2.44. The molecule has 0 radical (unpaired) electrons. The number of benzene rings is 1. The molecule has 4 nitrogen and oxygen atoms in total. The number of fused-ring (bicyclic) bond motifs is 1. The van der Waals surface area contributed by atoms with Crippen LogP contribution in [-0.2, 0) is 0 Å². The SMILES string of the molecule is CN1CCN(C)C(c2ccc3c(c2)OCCO3)C1. The van der Waals surface area contributed by atoms with Gasteiger partial charge in [-0.2, -0.15) is 0 Å². The summed E-state index contributed by atoms with van der Waals surface area (Å²) in [6.07, 6.45) is 0. The summed E-state index contributed by atoms with van der Waals surface area (Å²) in [5, 5.41) is 0. The van der Waals surface area contributed by atoms with Gasteiger partial charge in [0.25, 0.3) is 0 Å². The zero-order valence-corrected chi connectivity index (χ0v) is 11.1. The molecule has 2 heterocycles. The van der Waals surface area contributed by atoms with Crippen LogP contribution in [0.25, 0.3) is 0 Å². The molecule has 0 bridgehead atoms. The van der Waals surface area contributed by atoms with Gasteiger partial charge in [-0.25, -0.2) is 0 Å². The summed E-state index contributed by atoms with van der Waals surface area (Å²) in [4.78, 5) is 4.78. The monoisotopic (exact) mass is 248 g/mol. The van der Waals surface area contributed by atoms with Gasteiger partial charge in [-0.05, 0) is 31.8 Å². The van der Waals surface area contributed by atoms with Crippen LogP contribution in [0.3, 0.4) is 0 Å². The van der Waals surface area contributed by atoms with Crippen LogP contribution < -0.4 is 9.47 Å². The minimum atomic E-state index is 0.444. The number of likely N-dealkylation sites (N-methyl/N-ethyl adjacent to an activating group) is 2. The van der Waals surface area contributed by atoms with E-state index in [9.17, 15) is 0 Å². The van der Waals surface area contributed by atoms with Gasteiger partial charge in [0.05, 0.1) is 0 Å². The fraction of sp³-hybridized carbons (Fsp3) is 0.571. The van der Waals surface area contributed by atoms with Crippen molar-refractivity contribution in [1.82, 2.24) is 9.80 Å². The van der Waals surface area contributed by atoms with E-state index in [1.807, 2.05) is 6.07 Å². The van der Waals surface area contributed by atoms with E-state index in [2.05, 4.69) is 36.0 Å². The second-order valence-corrected chi connectivity index (χ2v) is 5.16. The van der Waals surface area contributed by atoms with Gasteiger partial charge in [0, 0.05) is 25.7 Å². The minimum Gasteiger partial charge on any atom is -0.486 e. The molecule has 0 spiro atoms. The van der Waals surface area contributed by atoms with Gasteiger partial charge < -0.3 is 14.4 Å². The Morgan fingerprint density at radius 1 is 1.06 bits per heavy atom. The van der Waals surface area contributed by atoms with Crippen LogP contribution >= 0.6 is 0 Å². The largest absolute Gasteiger partial charge is 0.486 e. The summed E-state index contributed by atoms with van der Waals surface area (Å²) in [5.41, 5.74) is 1.31. The quantitative estimate of drug-likeness (QED) is 0.749. The molecule has 1 unspecified atom stereocenters. The molecule has 3 rings (SSSR count). The highest BCUT2D eigenvalue weighted by Gasteiger charge is 2.25. The number of rotatable bonds is 1. The van der Waals surface area contributed by atoms with Crippen molar-refractivity contribution in [1.29, 1.82) is 0 Å². The summed E-state index contributed by atoms with van der Waals surface area (Å²) >= 11 is 0. The highest BCUT2D eigenvalue weighted by atomic mass is 16.6. The van der Waals surface area contributed by atoms with Crippen molar-refractivity contribution < 1.29 is 9.47 Å². The molecule has 0 aromatic heterocycles. The lowest BCUT2D eigenvalue weighted by Gasteiger charge is -2.38. The number of hydrogen-bond donors (Lipinski definition) is 0. The van der Waals surface area contributed by atoms with Crippen LogP contribution in [0.4, 0.5) is 0 Å². The zero-order valence-electron chi connectivity index (χ0n) is 11.1. The summed E-state index contributed by atoms with van der Waals surface area (Å²) in [6.45, 7) is 4.61. The normalized spacial score (nSPS) is 25.1. The van der Waals surface area contributed by atoms with Gasteiger partial charge in [0.1, 0.15) is 13.2 Å². The predicted octanol–water partition coefficient (Wildman–Crippen LogP) is 1.38. The van der Waals surface area contributed by atoms with Crippen LogP contribution in [0, 0.1) is 0 Å². The van der Waals surface area contributed by atoms with E-state index < -0.39 is 0 Å². The standard InChI is InChI=1S/C14H20N2O2/c1-15-5-6-16(2)12(10-15)11-3-4-13-14(9-11)18-8-7-17-13/h3-4,9,12H,5-8,10H2,1-2H3. The molecule has 18 heavy (non-hydrogen) atoms. The van der Waals surface area contributed by atoms with Crippen molar-refractivity contribution in [3.63, 3.8) is 0 Å². The Morgan fingerprint density at radius 2 is 1.83 bits per heavy atom. The Balaban J connectivity index is 1.86. The van der Waals surface area contributed by atoms with Crippen LogP contribution in [0.15, 0.2) is 18.2 Å². The first kappa shape index (κ1) is 11.8. The van der Waals surface area contributed by atoms with E-state index in [4.69, 9.17) is 9.47 Å². The fourth-order valence-electron chi connectivity index (χ4n) is 2.64. The molecule has 98 valence electrons. The predicted molar refractivity (Wildman–Crippen MR) is 70.3 cm³/mol. The van der Waals surface area contributed by atoms with Crippen LogP contribution in [0.2, 0.25) is 0 Å². The summed E-state index contributed by atoms with van der Waals surface area (Å²) in [5.74, 6) is 1.76. The molecule has 1 aromatic carbocycles. The highest BCUT2D eigenvalue weighted by Crippen LogP contribution is 2.34. The lowest BCUT2D eigenvalue weighted by molar-refractivity contribution is 0.114. The number of nitrogens with zero attached hydrogens (tertiary/aromatic N) is 2. The van der Waals surface area contributed by atoms with Crippen molar-refractivity contribution in [2.75, 3.05) is 46.9 Å². The van der Waals surface area contributed by atoms with Crippen LogP contribution in [0.1, 0.15) is 11.6 Å². The maximum Gasteiger partial charge on any atom is 0.161 e. The molecule has 0 N–H and O–H groups in total. The minimum absolute atomic E-state index is 0.444. The molecule has 1 atom stereocenters. The third kappa shape index (κ3) is 2.18. The van der Waals surface area contributed by atoms with Crippen LogP contribution in [0.5, 0.6) is 11.5 Å². The molecule has 2 aliphatic heterocycles. The molecule has 1 aromatic rings. The molecule has 0 aliphatic carbocycles. The second-order valence-electron chi connectivity index (χ2n) is 5.16. The highest BCUT2D eigenvalue weighted by molar-refractivity contribution is 5.44. The van der Waals surface area contributed by atoms with Crippen molar-refractivity contribution in [2.45, 2.75) is 6.04 Å². The molecule has 0 saturated carbocycles. The topological polar surface area (TPSA) is 24.9 Å². The van der Waals surface area contributed by atoms with Gasteiger partial charge in [-0.3, -0.25) is 4.90 Å². The fourth-order valence-corrected chi connectivity index (χ4v) is 2.64. The van der Waals surface area contributed by atoms with Gasteiger partial charge in [-0.15, -0.1) is 0 Å². The van der Waals surface area contributed by atoms with Gasteiger partial charge >= 0.3 is 0 Å². The molecular weight excluding hydrogens is 228 g/mol. The summed E-state index contributed by atoms with van der Waals surface area (Å²) in [6, 6.07) is 6.77. The van der Waals surface area contributed by atoms with Crippen molar-refractivity contribution in [3.05, 3.63) is 23.8 Å². The van der Waals surface area contributed by atoms with E-state index in [-0.39, 0.29) is 0 Å². The first-order valence-electron chi connectivity index (χ1n) is 6.52.